The summed E-state index contributed by atoms with van der Waals surface area (Å²) in [5.74, 6) is -0.172. The van der Waals surface area contributed by atoms with Crippen LogP contribution >= 0.6 is 27.7 Å². The van der Waals surface area contributed by atoms with E-state index >= 15 is 0 Å². The molecule has 0 bridgehead atoms. The molecule has 150 valence electrons. The first-order valence-corrected chi connectivity index (χ1v) is 11.0. The van der Waals surface area contributed by atoms with Crippen molar-refractivity contribution in [2.75, 3.05) is 5.32 Å². The quantitative estimate of drug-likeness (QED) is 0.312. The zero-order valence-electron chi connectivity index (χ0n) is 16.1. The lowest BCUT2D eigenvalue weighted by molar-refractivity contribution is -0.115. The summed E-state index contributed by atoms with van der Waals surface area (Å²) in [7, 11) is 0. The summed E-state index contributed by atoms with van der Waals surface area (Å²) in [5.41, 5.74) is 1.85. The summed E-state index contributed by atoms with van der Waals surface area (Å²) < 4.78 is 2.37. The van der Waals surface area contributed by atoms with Crippen molar-refractivity contribution in [1.82, 2.24) is 9.55 Å². The normalized spacial score (nSPS) is 11.9. The second-order valence-corrected chi connectivity index (χ2v) is 8.78. The van der Waals surface area contributed by atoms with Gasteiger partial charge in [-0.05, 0) is 59.3 Å². The van der Waals surface area contributed by atoms with Gasteiger partial charge in [0.15, 0.2) is 5.16 Å². The molecule has 1 amide bonds. The number of nitrogens with zero attached hydrogens (tertiary/aromatic N) is 2. The van der Waals surface area contributed by atoms with E-state index in [1.54, 1.807) is 17.6 Å². The van der Waals surface area contributed by atoms with Crippen molar-refractivity contribution in [3.63, 3.8) is 0 Å². The lowest BCUT2D eigenvalue weighted by Gasteiger charge is -2.17. The van der Waals surface area contributed by atoms with Crippen LogP contribution < -0.4 is 10.9 Å². The van der Waals surface area contributed by atoms with Crippen LogP contribution in [0.25, 0.3) is 16.6 Å². The van der Waals surface area contributed by atoms with Crippen LogP contribution in [0.5, 0.6) is 0 Å². The molecule has 1 atom stereocenters. The summed E-state index contributed by atoms with van der Waals surface area (Å²) in [6.45, 7) is 1.80. The van der Waals surface area contributed by atoms with E-state index in [1.807, 2.05) is 72.8 Å². The molecule has 30 heavy (non-hydrogen) atoms. The second-order valence-electron chi connectivity index (χ2n) is 6.62. The third-order valence-corrected chi connectivity index (χ3v) is 6.29. The first-order chi connectivity index (χ1) is 14.5. The number of thioether (sulfide) groups is 1. The van der Waals surface area contributed by atoms with Crippen molar-refractivity contribution in [1.29, 1.82) is 0 Å². The third-order valence-electron chi connectivity index (χ3n) is 4.54. The Morgan fingerprint density at radius 3 is 2.43 bits per heavy atom. The molecule has 3 aromatic carbocycles. The number of hydrogen-bond acceptors (Lipinski definition) is 4. The van der Waals surface area contributed by atoms with Crippen molar-refractivity contribution >= 4 is 50.2 Å². The molecule has 0 spiro atoms. The van der Waals surface area contributed by atoms with Crippen LogP contribution in [-0.4, -0.2) is 20.7 Å². The number of para-hydroxylation sites is 3. The molecule has 0 saturated heterocycles. The topological polar surface area (TPSA) is 64.0 Å². The van der Waals surface area contributed by atoms with E-state index < -0.39 is 5.25 Å². The Labute approximate surface area is 186 Å². The maximum absolute atomic E-state index is 13.2. The maximum Gasteiger partial charge on any atom is 0.266 e. The van der Waals surface area contributed by atoms with E-state index in [0.717, 1.165) is 4.47 Å². The number of benzene rings is 3. The Balaban J connectivity index is 1.72. The average molecular weight is 480 g/mol. The number of hydrogen-bond donors (Lipinski definition) is 1. The predicted molar refractivity (Wildman–Crippen MR) is 125 cm³/mol. The van der Waals surface area contributed by atoms with E-state index in [1.165, 1.54) is 11.8 Å². The van der Waals surface area contributed by atoms with Gasteiger partial charge >= 0.3 is 0 Å². The molecule has 0 fully saturated rings. The molecule has 1 unspecified atom stereocenters. The molecule has 1 aromatic heterocycles. The molecule has 0 saturated carbocycles. The van der Waals surface area contributed by atoms with Gasteiger partial charge < -0.3 is 5.32 Å². The lowest BCUT2D eigenvalue weighted by atomic mass is 10.2. The highest BCUT2D eigenvalue weighted by Gasteiger charge is 2.20. The fourth-order valence-corrected chi connectivity index (χ4v) is 4.32. The second kappa shape index (κ2) is 8.85. The summed E-state index contributed by atoms with van der Waals surface area (Å²) >= 11 is 4.69. The monoisotopic (exact) mass is 479 g/mol. The summed E-state index contributed by atoms with van der Waals surface area (Å²) in [6.07, 6.45) is 0. The Hall–Kier alpha value is -2.90. The van der Waals surface area contributed by atoms with E-state index in [4.69, 9.17) is 4.98 Å². The fraction of sp³-hybridized carbons (Fsp3) is 0.0870. The number of anilines is 1. The predicted octanol–water partition coefficient (Wildman–Crippen LogP) is 5.27. The molecular weight excluding hydrogens is 462 g/mol. The number of carbonyl (C=O) groups is 1. The maximum atomic E-state index is 13.2. The molecule has 0 aliphatic carbocycles. The highest BCUT2D eigenvalue weighted by atomic mass is 79.9. The zero-order valence-corrected chi connectivity index (χ0v) is 18.5. The summed E-state index contributed by atoms with van der Waals surface area (Å²) in [5, 5.41) is 3.46. The SMILES string of the molecule is CC(Sc1nc2ccccc2c(=O)n1-c1ccccc1)C(=O)Nc1ccccc1Br. The van der Waals surface area contributed by atoms with Gasteiger partial charge in [-0.25, -0.2) is 4.98 Å². The van der Waals surface area contributed by atoms with Gasteiger partial charge in [0, 0.05) is 4.47 Å². The van der Waals surface area contributed by atoms with Crippen LogP contribution in [0.2, 0.25) is 0 Å². The third kappa shape index (κ3) is 4.17. The minimum absolute atomic E-state index is 0.160. The molecule has 4 aromatic rings. The van der Waals surface area contributed by atoms with Crippen LogP contribution in [0, 0.1) is 0 Å². The first kappa shape index (κ1) is 20.4. The largest absolute Gasteiger partial charge is 0.324 e. The molecule has 0 aliphatic rings. The van der Waals surface area contributed by atoms with Gasteiger partial charge in [-0.2, -0.15) is 0 Å². The minimum Gasteiger partial charge on any atom is -0.324 e. The minimum atomic E-state index is -0.472. The van der Waals surface area contributed by atoms with Crippen LogP contribution in [-0.2, 0) is 4.79 Å². The number of carbonyl (C=O) groups excluding carboxylic acids is 1. The molecular formula is C23H18BrN3O2S. The Morgan fingerprint density at radius 1 is 1.00 bits per heavy atom. The van der Waals surface area contributed by atoms with Crippen molar-refractivity contribution in [2.45, 2.75) is 17.3 Å². The first-order valence-electron chi connectivity index (χ1n) is 9.34. The standard InChI is InChI=1S/C23H18BrN3O2S/c1-15(21(28)25-20-14-8-6-12-18(20)24)30-23-26-19-13-7-5-11-17(19)22(29)27(23)16-9-3-2-4-10-16/h2-15H,1H3,(H,25,28). The van der Waals surface area contributed by atoms with Crippen LogP contribution in [0.4, 0.5) is 5.69 Å². The highest BCUT2D eigenvalue weighted by Crippen LogP contribution is 2.27. The highest BCUT2D eigenvalue weighted by molar-refractivity contribution is 9.10. The number of aromatic nitrogens is 2. The van der Waals surface area contributed by atoms with E-state index in [0.29, 0.717) is 27.4 Å². The van der Waals surface area contributed by atoms with E-state index in [2.05, 4.69) is 21.2 Å². The number of nitrogens with one attached hydrogen (secondary N) is 1. The van der Waals surface area contributed by atoms with Crippen LogP contribution in [0.3, 0.4) is 0 Å². The molecule has 1 heterocycles. The van der Waals surface area contributed by atoms with E-state index in [-0.39, 0.29) is 11.5 Å². The van der Waals surface area contributed by atoms with Crippen LogP contribution in [0.1, 0.15) is 6.92 Å². The van der Waals surface area contributed by atoms with Gasteiger partial charge in [0.05, 0.1) is 27.5 Å². The average Bonchev–Trinajstić information content (AvgIpc) is 2.76. The Kier molecular flexibility index (Phi) is 6.01. The van der Waals surface area contributed by atoms with Crippen molar-refractivity contribution < 1.29 is 4.79 Å². The molecule has 1 N–H and O–H groups in total. The number of rotatable bonds is 5. The Morgan fingerprint density at radius 2 is 1.67 bits per heavy atom. The van der Waals surface area contributed by atoms with Crippen molar-refractivity contribution in [3.8, 4) is 5.69 Å². The number of halogens is 1. The van der Waals surface area contributed by atoms with Gasteiger partial charge in [0.2, 0.25) is 5.91 Å². The smallest absolute Gasteiger partial charge is 0.266 e. The Bertz CT molecular complexity index is 1270. The van der Waals surface area contributed by atoms with Gasteiger partial charge in [-0.3, -0.25) is 14.2 Å². The molecule has 7 heteroatoms. The molecule has 4 rings (SSSR count). The van der Waals surface area contributed by atoms with Gasteiger partial charge in [0.25, 0.3) is 5.56 Å². The molecule has 5 nitrogen and oxygen atoms in total. The van der Waals surface area contributed by atoms with E-state index in [9.17, 15) is 9.59 Å². The van der Waals surface area contributed by atoms with Crippen molar-refractivity contribution in [2.24, 2.45) is 0 Å². The van der Waals surface area contributed by atoms with Gasteiger partial charge in [-0.15, -0.1) is 0 Å². The molecule has 0 aliphatic heterocycles. The number of amides is 1. The summed E-state index contributed by atoms with van der Waals surface area (Å²) in [4.78, 5) is 30.7. The van der Waals surface area contributed by atoms with Gasteiger partial charge in [-0.1, -0.05) is 54.2 Å². The number of fused-ring (bicyclic) bond motifs is 1. The fourth-order valence-electron chi connectivity index (χ4n) is 3.00. The zero-order chi connectivity index (χ0) is 21.1. The lowest BCUT2D eigenvalue weighted by Crippen LogP contribution is -2.26. The van der Waals surface area contributed by atoms with Gasteiger partial charge in [0.1, 0.15) is 0 Å². The summed E-state index contributed by atoms with van der Waals surface area (Å²) in [6, 6.07) is 24.0. The molecule has 0 radical (unpaired) electrons. The van der Waals surface area contributed by atoms with Crippen molar-refractivity contribution in [3.05, 3.63) is 93.7 Å². The van der Waals surface area contributed by atoms with Crippen LogP contribution in [0.15, 0.2) is 93.3 Å².